The van der Waals surface area contributed by atoms with Crippen molar-refractivity contribution in [2.45, 2.75) is 12.3 Å². The van der Waals surface area contributed by atoms with Crippen LogP contribution in [0.25, 0.3) is 0 Å². The Hall–Kier alpha value is -0.810. The van der Waals surface area contributed by atoms with E-state index in [9.17, 15) is 4.79 Å². The Kier molecular flexibility index (Phi) is 3.98. The molecule has 1 aromatic heterocycles. The normalized spacial score (nSPS) is 10.3. The van der Waals surface area contributed by atoms with Gasteiger partial charge >= 0.3 is 0 Å². The topological polar surface area (TPSA) is 44.1 Å². The van der Waals surface area contributed by atoms with Gasteiger partial charge in [0.1, 0.15) is 0 Å². The average Bonchev–Trinajstić information content (AvgIpc) is 2.17. The third-order valence-electron chi connectivity index (χ3n) is 1.59. The highest BCUT2D eigenvalue weighted by Crippen LogP contribution is 1.94. The van der Waals surface area contributed by atoms with Crippen LogP contribution < -0.4 is 5.56 Å². The quantitative estimate of drug-likeness (QED) is 0.712. The lowest BCUT2D eigenvalue weighted by Gasteiger charge is -2.04. The van der Waals surface area contributed by atoms with E-state index in [0.29, 0.717) is 18.9 Å². The summed E-state index contributed by atoms with van der Waals surface area (Å²) < 4.78 is 6.24. The number of hydrogen-bond donors (Lipinski definition) is 1. The van der Waals surface area contributed by atoms with Gasteiger partial charge < -0.3 is 4.74 Å². The first-order valence-electron chi connectivity index (χ1n) is 3.94. The molecule has 0 bridgehead atoms. The number of nitrogens with zero attached hydrogens (tertiary/aromatic N) is 2. The summed E-state index contributed by atoms with van der Waals surface area (Å²) in [5.74, 6) is 0.535. The summed E-state index contributed by atoms with van der Waals surface area (Å²) in [6.07, 6.45) is 0. The molecule has 0 aliphatic heterocycles. The van der Waals surface area contributed by atoms with Crippen LogP contribution in [0, 0.1) is 0 Å². The van der Waals surface area contributed by atoms with Crippen molar-refractivity contribution in [1.82, 2.24) is 9.78 Å². The molecule has 0 aliphatic carbocycles. The molecule has 0 N–H and O–H groups in total. The van der Waals surface area contributed by atoms with E-state index in [2.05, 4.69) is 17.7 Å². The summed E-state index contributed by atoms with van der Waals surface area (Å²) in [7, 11) is 1.59. The van der Waals surface area contributed by atoms with Crippen molar-refractivity contribution in [2.75, 3.05) is 13.7 Å². The molecule has 72 valence electrons. The van der Waals surface area contributed by atoms with Crippen LogP contribution in [0.1, 0.15) is 5.69 Å². The van der Waals surface area contributed by atoms with Crippen molar-refractivity contribution in [3.8, 4) is 0 Å². The van der Waals surface area contributed by atoms with Crippen LogP contribution in [0.2, 0.25) is 0 Å². The van der Waals surface area contributed by atoms with Gasteiger partial charge in [0.2, 0.25) is 0 Å². The standard InChI is InChI=1S/C8H12N2O2S/c1-12-5-4-10-8(11)3-2-7(6-13)9-10/h2-3,13H,4-6H2,1H3. The molecule has 0 aromatic carbocycles. The molecule has 0 amide bonds. The van der Waals surface area contributed by atoms with Crippen molar-refractivity contribution in [3.05, 3.63) is 28.2 Å². The number of rotatable bonds is 4. The summed E-state index contributed by atoms with van der Waals surface area (Å²) >= 11 is 4.07. The Balaban J connectivity index is 2.84. The molecule has 0 spiro atoms. The summed E-state index contributed by atoms with van der Waals surface area (Å²) in [4.78, 5) is 11.2. The minimum Gasteiger partial charge on any atom is -0.383 e. The van der Waals surface area contributed by atoms with Crippen molar-refractivity contribution in [3.63, 3.8) is 0 Å². The zero-order chi connectivity index (χ0) is 9.68. The molecule has 0 saturated heterocycles. The second-order valence-corrected chi connectivity index (χ2v) is 2.85. The summed E-state index contributed by atoms with van der Waals surface area (Å²) in [5, 5.41) is 4.08. The lowest BCUT2D eigenvalue weighted by Crippen LogP contribution is -2.24. The largest absolute Gasteiger partial charge is 0.383 e. The van der Waals surface area contributed by atoms with Crippen LogP contribution in [-0.2, 0) is 17.0 Å². The van der Waals surface area contributed by atoms with Crippen LogP contribution in [0.15, 0.2) is 16.9 Å². The van der Waals surface area contributed by atoms with E-state index in [0.717, 1.165) is 5.69 Å². The van der Waals surface area contributed by atoms with E-state index < -0.39 is 0 Å². The molecule has 1 aromatic rings. The van der Waals surface area contributed by atoms with Gasteiger partial charge in [-0.1, -0.05) is 0 Å². The van der Waals surface area contributed by atoms with E-state index in [-0.39, 0.29) is 5.56 Å². The first kappa shape index (κ1) is 10.3. The minimum absolute atomic E-state index is 0.109. The van der Waals surface area contributed by atoms with E-state index in [1.54, 1.807) is 13.2 Å². The number of aromatic nitrogens is 2. The van der Waals surface area contributed by atoms with Gasteiger partial charge in [-0.2, -0.15) is 17.7 Å². The molecule has 0 atom stereocenters. The molecule has 1 rings (SSSR count). The number of ether oxygens (including phenoxy) is 1. The van der Waals surface area contributed by atoms with Crippen molar-refractivity contribution >= 4 is 12.6 Å². The predicted octanol–water partition coefficient (Wildman–Crippen LogP) is 0.319. The lowest BCUT2D eigenvalue weighted by molar-refractivity contribution is 0.181. The van der Waals surface area contributed by atoms with Crippen molar-refractivity contribution < 1.29 is 4.74 Å². The van der Waals surface area contributed by atoms with Gasteiger partial charge in [-0.3, -0.25) is 4.79 Å². The van der Waals surface area contributed by atoms with E-state index in [4.69, 9.17) is 4.74 Å². The first-order valence-corrected chi connectivity index (χ1v) is 4.58. The Morgan fingerprint density at radius 3 is 3.00 bits per heavy atom. The lowest BCUT2D eigenvalue weighted by atomic mass is 10.4. The fraction of sp³-hybridized carbons (Fsp3) is 0.500. The fourth-order valence-corrected chi connectivity index (χ4v) is 1.08. The van der Waals surface area contributed by atoms with Crippen molar-refractivity contribution in [1.29, 1.82) is 0 Å². The molecular weight excluding hydrogens is 188 g/mol. The van der Waals surface area contributed by atoms with E-state index in [1.165, 1.54) is 10.7 Å². The predicted molar refractivity (Wildman–Crippen MR) is 53.1 cm³/mol. The fourth-order valence-electron chi connectivity index (χ4n) is 0.913. The summed E-state index contributed by atoms with van der Waals surface area (Å²) in [6.45, 7) is 0.972. The Morgan fingerprint density at radius 1 is 1.62 bits per heavy atom. The van der Waals surface area contributed by atoms with Gasteiger partial charge in [0, 0.05) is 18.9 Å². The zero-order valence-electron chi connectivity index (χ0n) is 7.43. The van der Waals surface area contributed by atoms with Crippen LogP contribution in [0.4, 0.5) is 0 Å². The Bertz CT molecular complexity index is 324. The van der Waals surface area contributed by atoms with Crippen LogP contribution in [-0.4, -0.2) is 23.5 Å². The van der Waals surface area contributed by atoms with Gasteiger partial charge in [0.05, 0.1) is 18.8 Å². The molecular formula is C8H12N2O2S. The smallest absolute Gasteiger partial charge is 0.266 e. The molecule has 13 heavy (non-hydrogen) atoms. The third-order valence-corrected chi connectivity index (χ3v) is 1.92. The average molecular weight is 200 g/mol. The van der Waals surface area contributed by atoms with Crippen LogP contribution in [0.3, 0.4) is 0 Å². The molecule has 4 nitrogen and oxygen atoms in total. The number of methoxy groups -OCH3 is 1. The monoisotopic (exact) mass is 200 g/mol. The van der Waals surface area contributed by atoms with E-state index >= 15 is 0 Å². The van der Waals surface area contributed by atoms with Gasteiger partial charge in [-0.25, -0.2) is 4.68 Å². The maximum atomic E-state index is 11.2. The number of hydrogen-bond acceptors (Lipinski definition) is 4. The maximum absolute atomic E-state index is 11.2. The zero-order valence-corrected chi connectivity index (χ0v) is 8.33. The molecule has 0 radical (unpaired) electrons. The molecule has 0 unspecified atom stereocenters. The molecule has 0 saturated carbocycles. The highest BCUT2D eigenvalue weighted by Gasteiger charge is 1.98. The first-order chi connectivity index (χ1) is 6.27. The molecule has 0 aliphatic rings. The molecule has 0 fully saturated rings. The second kappa shape index (κ2) is 5.04. The van der Waals surface area contributed by atoms with E-state index in [1.807, 2.05) is 0 Å². The Labute approximate surface area is 81.9 Å². The second-order valence-electron chi connectivity index (χ2n) is 2.54. The van der Waals surface area contributed by atoms with Crippen LogP contribution >= 0.6 is 12.6 Å². The third kappa shape index (κ3) is 2.86. The van der Waals surface area contributed by atoms with Gasteiger partial charge in [0.25, 0.3) is 5.56 Å². The van der Waals surface area contributed by atoms with Gasteiger partial charge in [-0.15, -0.1) is 0 Å². The number of thiol groups is 1. The van der Waals surface area contributed by atoms with Gasteiger partial charge in [0.15, 0.2) is 0 Å². The van der Waals surface area contributed by atoms with Gasteiger partial charge in [-0.05, 0) is 6.07 Å². The molecule has 5 heteroatoms. The highest BCUT2D eigenvalue weighted by atomic mass is 32.1. The highest BCUT2D eigenvalue weighted by molar-refractivity contribution is 7.79. The molecule has 1 heterocycles. The van der Waals surface area contributed by atoms with Crippen LogP contribution in [0.5, 0.6) is 0 Å². The van der Waals surface area contributed by atoms with Crippen molar-refractivity contribution in [2.24, 2.45) is 0 Å². The summed E-state index contributed by atoms with van der Waals surface area (Å²) in [5.41, 5.74) is 0.682. The SMILES string of the molecule is COCCn1nc(CS)ccc1=O. The minimum atomic E-state index is -0.109. The Morgan fingerprint density at radius 2 is 2.38 bits per heavy atom. The summed E-state index contributed by atoms with van der Waals surface area (Å²) in [6, 6.07) is 3.17. The maximum Gasteiger partial charge on any atom is 0.266 e.